The van der Waals surface area contributed by atoms with E-state index in [2.05, 4.69) is 4.98 Å². The van der Waals surface area contributed by atoms with Crippen LogP contribution in [0.4, 0.5) is 0 Å². The summed E-state index contributed by atoms with van der Waals surface area (Å²) < 4.78 is 11.2. The number of hydrogen-bond acceptors (Lipinski definition) is 4. The molecule has 0 N–H and O–H groups in total. The Bertz CT molecular complexity index is 316. The van der Waals surface area contributed by atoms with Gasteiger partial charge in [0.2, 0.25) is 0 Å². The second-order valence-corrected chi connectivity index (χ2v) is 4.97. The smallest absolute Gasteiger partial charge is 0.163 e. The van der Waals surface area contributed by atoms with Gasteiger partial charge in [-0.15, -0.1) is 11.8 Å². The summed E-state index contributed by atoms with van der Waals surface area (Å²) in [6, 6.07) is 5.92. The van der Waals surface area contributed by atoms with E-state index in [9.17, 15) is 0 Å². The molecule has 1 aliphatic rings. The van der Waals surface area contributed by atoms with Gasteiger partial charge in [0.25, 0.3) is 0 Å². The fourth-order valence-corrected chi connectivity index (χ4v) is 2.29. The molecule has 1 fully saturated rings. The van der Waals surface area contributed by atoms with E-state index >= 15 is 0 Å². The van der Waals surface area contributed by atoms with Crippen molar-refractivity contribution in [2.45, 2.75) is 30.8 Å². The molecule has 15 heavy (non-hydrogen) atoms. The lowest BCUT2D eigenvalue weighted by molar-refractivity contribution is -0.135. The standard InChI is InChI=1S/C11H15NO2S/c1-11(2)13-7-9(14-11)8-15-10-5-3-4-6-12-10/h3-6,9H,7-8H2,1-2H3. The Kier molecular flexibility index (Phi) is 3.29. The Balaban J connectivity index is 1.80. The highest BCUT2D eigenvalue weighted by Crippen LogP contribution is 2.26. The zero-order valence-corrected chi connectivity index (χ0v) is 9.79. The molecule has 1 aliphatic heterocycles. The first-order chi connectivity index (χ1) is 7.16. The van der Waals surface area contributed by atoms with Crippen molar-refractivity contribution in [1.29, 1.82) is 0 Å². The predicted octanol–water partition coefficient (Wildman–Crippen LogP) is 2.33. The fourth-order valence-electron chi connectivity index (χ4n) is 1.46. The van der Waals surface area contributed by atoms with Crippen molar-refractivity contribution in [3.05, 3.63) is 24.4 Å². The van der Waals surface area contributed by atoms with Crippen LogP contribution in [-0.2, 0) is 9.47 Å². The first-order valence-corrected chi connectivity index (χ1v) is 6.00. The average molecular weight is 225 g/mol. The van der Waals surface area contributed by atoms with Crippen LogP contribution in [0, 0.1) is 0 Å². The Morgan fingerprint density at radius 3 is 3.00 bits per heavy atom. The zero-order valence-electron chi connectivity index (χ0n) is 8.97. The summed E-state index contributed by atoms with van der Waals surface area (Å²) in [7, 11) is 0. The SMILES string of the molecule is CC1(C)OCC(CSc2ccccn2)O1. The Hall–Kier alpha value is -0.580. The maximum atomic E-state index is 5.70. The van der Waals surface area contributed by atoms with Crippen molar-refractivity contribution in [2.24, 2.45) is 0 Å². The average Bonchev–Trinajstić information content (AvgIpc) is 2.57. The van der Waals surface area contributed by atoms with Gasteiger partial charge < -0.3 is 9.47 Å². The monoisotopic (exact) mass is 225 g/mol. The van der Waals surface area contributed by atoms with Gasteiger partial charge in [-0.25, -0.2) is 4.98 Å². The van der Waals surface area contributed by atoms with E-state index in [-0.39, 0.29) is 6.10 Å². The fraction of sp³-hybridized carbons (Fsp3) is 0.545. The molecular weight excluding hydrogens is 210 g/mol. The van der Waals surface area contributed by atoms with Crippen molar-refractivity contribution < 1.29 is 9.47 Å². The van der Waals surface area contributed by atoms with Gasteiger partial charge in [-0.1, -0.05) is 6.07 Å². The van der Waals surface area contributed by atoms with Crippen molar-refractivity contribution in [2.75, 3.05) is 12.4 Å². The lowest BCUT2D eigenvalue weighted by Crippen LogP contribution is -2.22. The maximum Gasteiger partial charge on any atom is 0.163 e. The van der Waals surface area contributed by atoms with E-state index in [0.717, 1.165) is 10.8 Å². The molecule has 1 unspecified atom stereocenters. The lowest BCUT2D eigenvalue weighted by atomic mass is 10.4. The minimum Gasteiger partial charge on any atom is -0.348 e. The molecule has 0 aromatic carbocycles. The first-order valence-electron chi connectivity index (χ1n) is 5.01. The summed E-state index contributed by atoms with van der Waals surface area (Å²) in [5, 5.41) is 1.03. The van der Waals surface area contributed by atoms with Crippen LogP contribution < -0.4 is 0 Å². The summed E-state index contributed by atoms with van der Waals surface area (Å²) in [5.41, 5.74) is 0. The molecular formula is C11H15NO2S. The molecule has 1 aromatic heterocycles. The van der Waals surface area contributed by atoms with Gasteiger partial charge in [0.05, 0.1) is 17.7 Å². The topological polar surface area (TPSA) is 31.4 Å². The molecule has 2 rings (SSSR count). The summed E-state index contributed by atoms with van der Waals surface area (Å²) in [4.78, 5) is 4.24. The highest BCUT2D eigenvalue weighted by atomic mass is 32.2. The van der Waals surface area contributed by atoms with Gasteiger partial charge in [0.15, 0.2) is 5.79 Å². The van der Waals surface area contributed by atoms with E-state index in [1.54, 1.807) is 18.0 Å². The van der Waals surface area contributed by atoms with Crippen LogP contribution >= 0.6 is 11.8 Å². The second kappa shape index (κ2) is 4.51. The summed E-state index contributed by atoms with van der Waals surface area (Å²) in [6.07, 6.45) is 1.98. The highest BCUT2D eigenvalue weighted by Gasteiger charge is 2.32. The minimum absolute atomic E-state index is 0.173. The molecule has 0 bridgehead atoms. The number of hydrogen-bond donors (Lipinski definition) is 0. The zero-order chi connectivity index (χ0) is 10.7. The van der Waals surface area contributed by atoms with Crippen LogP contribution in [0.25, 0.3) is 0 Å². The Labute approximate surface area is 94.2 Å². The number of thioether (sulfide) groups is 1. The molecule has 1 saturated heterocycles. The van der Waals surface area contributed by atoms with Crippen molar-refractivity contribution in [3.8, 4) is 0 Å². The van der Waals surface area contributed by atoms with Crippen LogP contribution in [-0.4, -0.2) is 29.2 Å². The highest BCUT2D eigenvalue weighted by molar-refractivity contribution is 7.99. The third-order valence-electron chi connectivity index (χ3n) is 2.12. The van der Waals surface area contributed by atoms with E-state index < -0.39 is 5.79 Å². The lowest BCUT2D eigenvalue weighted by Gasteiger charge is -2.16. The number of nitrogens with zero attached hydrogens (tertiary/aromatic N) is 1. The summed E-state index contributed by atoms with van der Waals surface area (Å²) in [6.45, 7) is 4.56. The number of pyridine rings is 1. The van der Waals surface area contributed by atoms with Crippen molar-refractivity contribution in [1.82, 2.24) is 4.98 Å². The molecule has 0 radical (unpaired) electrons. The molecule has 1 atom stereocenters. The van der Waals surface area contributed by atoms with Gasteiger partial charge in [-0.3, -0.25) is 0 Å². The molecule has 3 nitrogen and oxygen atoms in total. The largest absolute Gasteiger partial charge is 0.348 e. The van der Waals surface area contributed by atoms with Gasteiger partial charge >= 0.3 is 0 Å². The quantitative estimate of drug-likeness (QED) is 0.739. The number of aromatic nitrogens is 1. The second-order valence-electron chi connectivity index (χ2n) is 3.93. The van der Waals surface area contributed by atoms with Crippen molar-refractivity contribution in [3.63, 3.8) is 0 Å². The molecule has 4 heteroatoms. The summed E-state index contributed by atoms with van der Waals surface area (Å²) >= 11 is 1.70. The first kappa shape index (κ1) is 10.9. The molecule has 1 aromatic rings. The van der Waals surface area contributed by atoms with E-state index in [1.165, 1.54) is 0 Å². The normalized spacial score (nSPS) is 24.3. The van der Waals surface area contributed by atoms with Crippen molar-refractivity contribution >= 4 is 11.8 Å². The third kappa shape index (κ3) is 3.19. The predicted molar refractivity (Wildman–Crippen MR) is 59.9 cm³/mol. The molecule has 0 amide bonds. The van der Waals surface area contributed by atoms with Crippen LogP contribution in [0.1, 0.15) is 13.8 Å². The minimum atomic E-state index is -0.421. The Morgan fingerprint density at radius 2 is 2.40 bits per heavy atom. The van der Waals surface area contributed by atoms with Crippen LogP contribution in [0.3, 0.4) is 0 Å². The van der Waals surface area contributed by atoms with Gasteiger partial charge in [-0.2, -0.15) is 0 Å². The Morgan fingerprint density at radius 1 is 1.53 bits per heavy atom. The third-order valence-corrected chi connectivity index (χ3v) is 3.20. The number of ether oxygens (including phenoxy) is 2. The molecule has 0 spiro atoms. The molecule has 0 aliphatic carbocycles. The van der Waals surface area contributed by atoms with E-state index in [4.69, 9.17) is 9.47 Å². The summed E-state index contributed by atoms with van der Waals surface area (Å²) in [5.74, 6) is 0.468. The molecule has 2 heterocycles. The van der Waals surface area contributed by atoms with E-state index in [0.29, 0.717) is 6.61 Å². The molecule has 0 saturated carbocycles. The van der Waals surface area contributed by atoms with Gasteiger partial charge in [-0.05, 0) is 26.0 Å². The number of rotatable bonds is 3. The van der Waals surface area contributed by atoms with Crippen LogP contribution in [0.2, 0.25) is 0 Å². The van der Waals surface area contributed by atoms with Crippen LogP contribution in [0.15, 0.2) is 29.4 Å². The van der Waals surface area contributed by atoms with E-state index in [1.807, 2.05) is 32.0 Å². The maximum absolute atomic E-state index is 5.70. The van der Waals surface area contributed by atoms with Gasteiger partial charge in [0, 0.05) is 11.9 Å². The molecule has 82 valence electrons. The van der Waals surface area contributed by atoms with Crippen LogP contribution in [0.5, 0.6) is 0 Å². The van der Waals surface area contributed by atoms with Gasteiger partial charge in [0.1, 0.15) is 0 Å².